The van der Waals surface area contributed by atoms with E-state index in [4.69, 9.17) is 9.47 Å². The van der Waals surface area contributed by atoms with Crippen LogP contribution in [-0.4, -0.2) is 70.5 Å². The van der Waals surface area contributed by atoms with Gasteiger partial charge in [-0.25, -0.2) is 0 Å². The summed E-state index contributed by atoms with van der Waals surface area (Å²) < 4.78 is 12.9. The van der Waals surface area contributed by atoms with Crippen molar-refractivity contribution in [2.45, 2.75) is 26.6 Å². The van der Waals surface area contributed by atoms with Gasteiger partial charge in [-0.3, -0.25) is 9.89 Å². The largest absolute Gasteiger partial charge is 0.454 e. The lowest BCUT2D eigenvalue weighted by Gasteiger charge is -2.36. The van der Waals surface area contributed by atoms with Crippen molar-refractivity contribution in [3.8, 4) is 11.5 Å². The van der Waals surface area contributed by atoms with Crippen LogP contribution in [0, 0.1) is 0 Å². The van der Waals surface area contributed by atoms with E-state index in [1.54, 1.807) is 6.33 Å². The fourth-order valence-electron chi connectivity index (χ4n) is 3.59. The molecule has 3 heterocycles. The van der Waals surface area contributed by atoms with Crippen molar-refractivity contribution in [2.24, 2.45) is 4.99 Å². The summed E-state index contributed by atoms with van der Waals surface area (Å²) in [6.45, 7) is 8.64. The predicted molar refractivity (Wildman–Crippen MR) is 105 cm³/mol. The predicted octanol–water partition coefficient (Wildman–Crippen LogP) is 0.920. The van der Waals surface area contributed by atoms with Crippen LogP contribution in [0.15, 0.2) is 29.5 Å². The van der Waals surface area contributed by atoms with Crippen molar-refractivity contribution in [2.75, 3.05) is 40.0 Å². The highest BCUT2D eigenvalue weighted by Crippen LogP contribution is 2.32. The van der Waals surface area contributed by atoms with Crippen LogP contribution in [0.5, 0.6) is 11.5 Å². The lowest BCUT2D eigenvalue weighted by molar-refractivity contribution is 0.171. The average molecular weight is 385 g/mol. The number of nitrogens with zero attached hydrogens (tertiary/aromatic N) is 6. The van der Waals surface area contributed by atoms with Gasteiger partial charge in [0.2, 0.25) is 6.79 Å². The van der Waals surface area contributed by atoms with Gasteiger partial charge in [-0.15, -0.1) is 10.2 Å². The van der Waals surface area contributed by atoms with Crippen molar-refractivity contribution < 1.29 is 9.47 Å². The molecule has 4 rings (SSSR count). The number of hydrogen-bond acceptors (Lipinski definition) is 6. The third-order valence-electron chi connectivity index (χ3n) is 5.17. The molecule has 0 saturated carbocycles. The number of benzene rings is 1. The molecule has 0 unspecified atom stereocenters. The molecule has 2 aliphatic rings. The van der Waals surface area contributed by atoms with Gasteiger partial charge in [0, 0.05) is 46.3 Å². The van der Waals surface area contributed by atoms with Crippen LogP contribution in [-0.2, 0) is 19.6 Å². The molecule has 0 radical (unpaired) electrons. The van der Waals surface area contributed by atoms with E-state index in [0.29, 0.717) is 13.3 Å². The first kappa shape index (κ1) is 18.5. The molecule has 9 nitrogen and oxygen atoms in total. The van der Waals surface area contributed by atoms with Crippen molar-refractivity contribution in [1.29, 1.82) is 0 Å². The molecule has 2 aromatic rings. The molecule has 0 aliphatic carbocycles. The van der Waals surface area contributed by atoms with Crippen molar-refractivity contribution >= 4 is 5.96 Å². The third kappa shape index (κ3) is 4.04. The van der Waals surface area contributed by atoms with Gasteiger partial charge in [-0.2, -0.15) is 0 Å². The van der Waals surface area contributed by atoms with E-state index >= 15 is 0 Å². The molecule has 0 bridgehead atoms. The highest BCUT2D eigenvalue weighted by atomic mass is 16.7. The van der Waals surface area contributed by atoms with E-state index in [1.165, 1.54) is 5.56 Å². The number of ether oxygens (including phenoxy) is 2. The smallest absolute Gasteiger partial charge is 0.231 e. The number of aryl methyl sites for hydroxylation is 1. The second-order valence-corrected chi connectivity index (χ2v) is 6.88. The molecule has 2 aliphatic heterocycles. The topological polar surface area (TPSA) is 80.0 Å². The fourth-order valence-corrected chi connectivity index (χ4v) is 3.59. The van der Waals surface area contributed by atoms with Crippen LogP contribution >= 0.6 is 0 Å². The van der Waals surface area contributed by atoms with E-state index in [2.05, 4.69) is 49.4 Å². The number of guanidine groups is 1. The van der Waals surface area contributed by atoms with Crippen molar-refractivity contribution in [3.63, 3.8) is 0 Å². The van der Waals surface area contributed by atoms with Gasteiger partial charge in [0.15, 0.2) is 23.3 Å². The summed E-state index contributed by atoms with van der Waals surface area (Å²) in [7, 11) is 1.83. The van der Waals surface area contributed by atoms with Gasteiger partial charge in [-0.05, 0) is 24.6 Å². The molecular formula is C19H27N7O2. The summed E-state index contributed by atoms with van der Waals surface area (Å²) >= 11 is 0. The zero-order chi connectivity index (χ0) is 19.3. The number of nitrogens with one attached hydrogen (secondary N) is 1. The van der Waals surface area contributed by atoms with Gasteiger partial charge in [0.1, 0.15) is 6.33 Å². The molecule has 0 spiro atoms. The van der Waals surface area contributed by atoms with E-state index in [1.807, 2.05) is 17.7 Å². The molecule has 1 fully saturated rings. The zero-order valence-corrected chi connectivity index (χ0v) is 16.5. The average Bonchev–Trinajstić information content (AvgIpc) is 3.38. The molecule has 0 amide bonds. The summed E-state index contributed by atoms with van der Waals surface area (Å²) in [6.07, 6.45) is 1.76. The van der Waals surface area contributed by atoms with Gasteiger partial charge in [0.05, 0.1) is 6.54 Å². The molecule has 150 valence electrons. The standard InChI is InChI=1S/C19H27N7O2/c1-3-25-13-22-23-18(25)11-21-19(20-2)26-8-6-24(7-9-26)12-15-4-5-16-17(10-15)28-14-27-16/h4-5,10,13H,3,6-9,11-12,14H2,1-2H3,(H,20,21). The number of aromatic nitrogens is 3. The summed E-state index contributed by atoms with van der Waals surface area (Å²) in [5.74, 6) is 3.52. The highest BCUT2D eigenvalue weighted by molar-refractivity contribution is 5.79. The van der Waals surface area contributed by atoms with Gasteiger partial charge >= 0.3 is 0 Å². The Morgan fingerprint density at radius 2 is 2.00 bits per heavy atom. The minimum Gasteiger partial charge on any atom is -0.454 e. The second kappa shape index (κ2) is 8.47. The van der Waals surface area contributed by atoms with Crippen LogP contribution in [0.2, 0.25) is 0 Å². The first-order chi connectivity index (χ1) is 13.8. The minimum absolute atomic E-state index is 0.318. The van der Waals surface area contributed by atoms with Crippen LogP contribution in [0.1, 0.15) is 18.3 Å². The summed E-state index contributed by atoms with van der Waals surface area (Å²) in [5.41, 5.74) is 1.25. The Morgan fingerprint density at radius 1 is 1.18 bits per heavy atom. The fraction of sp³-hybridized carbons (Fsp3) is 0.526. The summed E-state index contributed by atoms with van der Waals surface area (Å²) in [4.78, 5) is 9.19. The SMILES string of the molecule is CCn1cnnc1CNC(=NC)N1CCN(Cc2ccc3c(c2)OCO3)CC1. The van der Waals surface area contributed by atoms with Gasteiger partial charge in [-0.1, -0.05) is 6.07 Å². The van der Waals surface area contributed by atoms with E-state index in [9.17, 15) is 0 Å². The van der Waals surface area contributed by atoms with Crippen LogP contribution in [0.4, 0.5) is 0 Å². The normalized spacial score (nSPS) is 17.2. The Kier molecular flexibility index (Phi) is 5.61. The number of piperazine rings is 1. The Morgan fingerprint density at radius 3 is 2.79 bits per heavy atom. The minimum atomic E-state index is 0.318. The van der Waals surface area contributed by atoms with Crippen molar-refractivity contribution in [1.82, 2.24) is 29.9 Å². The van der Waals surface area contributed by atoms with Crippen molar-refractivity contribution in [3.05, 3.63) is 35.9 Å². The quantitative estimate of drug-likeness (QED) is 0.606. The lowest BCUT2D eigenvalue weighted by Crippen LogP contribution is -2.52. The molecule has 1 N–H and O–H groups in total. The van der Waals surface area contributed by atoms with Gasteiger partial charge < -0.3 is 24.3 Å². The highest BCUT2D eigenvalue weighted by Gasteiger charge is 2.21. The Balaban J connectivity index is 1.28. The molecule has 1 aromatic heterocycles. The Labute approximate surface area is 165 Å². The van der Waals surface area contributed by atoms with E-state index < -0.39 is 0 Å². The first-order valence-electron chi connectivity index (χ1n) is 9.70. The Bertz CT molecular complexity index is 827. The third-order valence-corrected chi connectivity index (χ3v) is 5.17. The van der Waals surface area contributed by atoms with Crippen LogP contribution in [0.3, 0.4) is 0 Å². The molecule has 0 atom stereocenters. The van der Waals surface area contributed by atoms with Crippen LogP contribution in [0.25, 0.3) is 0 Å². The first-order valence-corrected chi connectivity index (χ1v) is 9.70. The number of rotatable bonds is 5. The maximum atomic E-state index is 5.48. The molecule has 1 aromatic carbocycles. The molecule has 1 saturated heterocycles. The number of hydrogen-bond donors (Lipinski definition) is 1. The number of fused-ring (bicyclic) bond motifs is 1. The number of aliphatic imine (C=N–C) groups is 1. The van der Waals surface area contributed by atoms with Gasteiger partial charge in [0.25, 0.3) is 0 Å². The molecule has 28 heavy (non-hydrogen) atoms. The van der Waals surface area contributed by atoms with E-state index in [-0.39, 0.29) is 0 Å². The molecular weight excluding hydrogens is 358 g/mol. The van der Waals surface area contributed by atoms with E-state index in [0.717, 1.165) is 62.6 Å². The maximum absolute atomic E-state index is 5.48. The zero-order valence-electron chi connectivity index (χ0n) is 16.5. The monoisotopic (exact) mass is 385 g/mol. The lowest BCUT2D eigenvalue weighted by atomic mass is 10.1. The Hall–Kier alpha value is -2.81. The maximum Gasteiger partial charge on any atom is 0.231 e. The summed E-state index contributed by atoms with van der Waals surface area (Å²) in [6, 6.07) is 6.19. The van der Waals surface area contributed by atoms with Crippen LogP contribution < -0.4 is 14.8 Å². The molecule has 9 heteroatoms. The second-order valence-electron chi connectivity index (χ2n) is 6.88. The summed E-state index contributed by atoms with van der Waals surface area (Å²) in [5, 5.41) is 11.6.